The topological polar surface area (TPSA) is 75.6 Å². The summed E-state index contributed by atoms with van der Waals surface area (Å²) in [5.41, 5.74) is 4.10. The van der Waals surface area contributed by atoms with Crippen molar-refractivity contribution in [3.63, 3.8) is 0 Å². The number of carbonyl (C=O) groups is 1. The molecule has 0 aliphatic rings. The van der Waals surface area contributed by atoms with Crippen molar-refractivity contribution in [3.05, 3.63) is 78.4 Å². The van der Waals surface area contributed by atoms with E-state index in [0.717, 1.165) is 22.3 Å². The zero-order valence-electron chi connectivity index (χ0n) is 12.8. The van der Waals surface area contributed by atoms with E-state index >= 15 is 0 Å². The number of anilines is 1. The molecule has 2 aromatic heterocycles. The summed E-state index contributed by atoms with van der Waals surface area (Å²) in [6.45, 7) is 0.664. The highest BCUT2D eigenvalue weighted by Gasteiger charge is 2.08. The lowest BCUT2D eigenvalue weighted by molar-refractivity contribution is 0.102. The van der Waals surface area contributed by atoms with Crippen molar-refractivity contribution in [1.82, 2.24) is 19.7 Å². The minimum Gasteiger partial charge on any atom is -0.345 e. The van der Waals surface area contributed by atoms with Crippen LogP contribution in [0.5, 0.6) is 0 Å². The second-order valence-corrected chi connectivity index (χ2v) is 5.49. The molecule has 0 bridgehead atoms. The highest BCUT2D eigenvalue weighted by molar-refractivity contribution is 6.05. The summed E-state index contributed by atoms with van der Waals surface area (Å²) in [4.78, 5) is 19.6. The molecule has 0 aliphatic carbocycles. The maximum absolute atomic E-state index is 12.4. The van der Waals surface area contributed by atoms with Gasteiger partial charge in [-0.1, -0.05) is 12.1 Å². The second kappa shape index (κ2) is 6.00. The van der Waals surface area contributed by atoms with E-state index in [4.69, 9.17) is 0 Å². The van der Waals surface area contributed by atoms with Gasteiger partial charge in [-0.05, 0) is 42.0 Å². The lowest BCUT2D eigenvalue weighted by Gasteiger charge is -2.08. The van der Waals surface area contributed by atoms with Gasteiger partial charge in [0.25, 0.3) is 5.91 Å². The average molecular weight is 317 g/mol. The molecular formula is C18H15N5O. The van der Waals surface area contributed by atoms with Crippen LogP contribution in [0.2, 0.25) is 0 Å². The first kappa shape index (κ1) is 14.2. The van der Waals surface area contributed by atoms with Crippen LogP contribution in [0.25, 0.3) is 11.0 Å². The van der Waals surface area contributed by atoms with Gasteiger partial charge < -0.3 is 10.3 Å². The Balaban J connectivity index is 1.52. The van der Waals surface area contributed by atoms with Crippen LogP contribution in [0.4, 0.5) is 5.69 Å². The van der Waals surface area contributed by atoms with E-state index in [-0.39, 0.29) is 5.91 Å². The summed E-state index contributed by atoms with van der Waals surface area (Å²) in [5.74, 6) is -0.150. The molecule has 0 unspecified atom stereocenters. The molecule has 6 nitrogen and oxygen atoms in total. The predicted octanol–water partition coefficient (Wildman–Crippen LogP) is 3.06. The van der Waals surface area contributed by atoms with E-state index in [9.17, 15) is 4.79 Å². The third-order valence-corrected chi connectivity index (χ3v) is 3.77. The molecular weight excluding hydrogens is 302 g/mol. The summed E-state index contributed by atoms with van der Waals surface area (Å²) >= 11 is 0. The lowest BCUT2D eigenvalue weighted by Crippen LogP contribution is -2.12. The molecule has 0 spiro atoms. The van der Waals surface area contributed by atoms with Crippen LogP contribution in [-0.2, 0) is 6.54 Å². The van der Waals surface area contributed by atoms with E-state index in [1.54, 1.807) is 24.7 Å². The first-order chi connectivity index (χ1) is 11.8. The Hall–Kier alpha value is -3.41. The fourth-order valence-corrected chi connectivity index (χ4v) is 2.61. The summed E-state index contributed by atoms with van der Waals surface area (Å²) < 4.78 is 1.84. The number of imidazole rings is 1. The van der Waals surface area contributed by atoms with Crippen LogP contribution in [0.15, 0.2) is 67.3 Å². The molecule has 4 rings (SSSR count). The van der Waals surface area contributed by atoms with Crippen molar-refractivity contribution < 1.29 is 4.79 Å². The number of carbonyl (C=O) groups excluding carboxylic acids is 1. The maximum atomic E-state index is 12.4. The zero-order chi connectivity index (χ0) is 16.4. The van der Waals surface area contributed by atoms with Crippen molar-refractivity contribution in [3.8, 4) is 0 Å². The smallest absolute Gasteiger partial charge is 0.255 e. The van der Waals surface area contributed by atoms with E-state index in [0.29, 0.717) is 12.1 Å². The number of fused-ring (bicyclic) bond motifs is 1. The van der Waals surface area contributed by atoms with Gasteiger partial charge in [-0.25, -0.2) is 4.98 Å². The molecule has 24 heavy (non-hydrogen) atoms. The molecule has 118 valence electrons. The fourth-order valence-electron chi connectivity index (χ4n) is 2.61. The normalized spacial score (nSPS) is 10.8. The molecule has 0 saturated carbocycles. The highest BCUT2D eigenvalue weighted by atomic mass is 16.1. The molecule has 2 aromatic carbocycles. The summed E-state index contributed by atoms with van der Waals surface area (Å²) in [7, 11) is 0. The number of benzene rings is 2. The molecule has 1 amide bonds. The lowest BCUT2D eigenvalue weighted by atomic mass is 10.1. The Morgan fingerprint density at radius 1 is 1.17 bits per heavy atom. The monoisotopic (exact) mass is 317 g/mol. The van der Waals surface area contributed by atoms with Gasteiger partial charge in [-0.2, -0.15) is 5.10 Å². The van der Waals surface area contributed by atoms with Crippen molar-refractivity contribution >= 4 is 22.6 Å². The standard InChI is InChI=1S/C18H15N5O/c24-18(14-5-6-16-17(10-14)20-12-19-16)22-15-4-1-3-13(9-15)11-23-8-2-7-21-23/h1-10,12H,11H2,(H,19,20)(H,22,24). The van der Waals surface area contributed by atoms with Gasteiger partial charge in [0.2, 0.25) is 0 Å². The fraction of sp³-hybridized carbons (Fsp3) is 0.0556. The third kappa shape index (κ3) is 2.89. The molecule has 0 saturated heterocycles. The molecule has 2 heterocycles. The number of hydrogen-bond donors (Lipinski definition) is 2. The quantitative estimate of drug-likeness (QED) is 0.607. The number of amides is 1. The molecule has 2 N–H and O–H groups in total. The summed E-state index contributed by atoms with van der Waals surface area (Å²) in [6, 6.07) is 15.0. The largest absolute Gasteiger partial charge is 0.345 e. The number of nitrogens with one attached hydrogen (secondary N) is 2. The molecule has 0 aliphatic heterocycles. The van der Waals surface area contributed by atoms with Gasteiger partial charge in [-0.3, -0.25) is 9.48 Å². The molecule has 4 aromatic rings. The molecule has 0 radical (unpaired) electrons. The van der Waals surface area contributed by atoms with Crippen LogP contribution in [0.1, 0.15) is 15.9 Å². The van der Waals surface area contributed by atoms with Gasteiger partial charge in [0, 0.05) is 23.6 Å². The Morgan fingerprint density at radius 2 is 2.12 bits per heavy atom. The van der Waals surface area contributed by atoms with Crippen LogP contribution in [0.3, 0.4) is 0 Å². The minimum absolute atomic E-state index is 0.150. The van der Waals surface area contributed by atoms with E-state index < -0.39 is 0 Å². The number of aromatic nitrogens is 4. The van der Waals surface area contributed by atoms with Gasteiger partial charge in [-0.15, -0.1) is 0 Å². The van der Waals surface area contributed by atoms with Crippen LogP contribution in [-0.4, -0.2) is 25.7 Å². The Bertz CT molecular complexity index is 988. The SMILES string of the molecule is O=C(Nc1cccc(Cn2cccn2)c1)c1ccc2nc[nH]c2c1. The van der Waals surface area contributed by atoms with Crippen molar-refractivity contribution in [1.29, 1.82) is 0 Å². The van der Waals surface area contributed by atoms with Gasteiger partial charge in [0.05, 0.1) is 23.9 Å². The average Bonchev–Trinajstić information content (AvgIpc) is 3.25. The number of aromatic amines is 1. The van der Waals surface area contributed by atoms with Crippen molar-refractivity contribution in [2.24, 2.45) is 0 Å². The van der Waals surface area contributed by atoms with Crippen LogP contribution in [0, 0.1) is 0 Å². The number of hydrogen-bond acceptors (Lipinski definition) is 3. The first-order valence-corrected chi connectivity index (χ1v) is 7.59. The van der Waals surface area contributed by atoms with Gasteiger partial charge in [0.15, 0.2) is 0 Å². The van der Waals surface area contributed by atoms with Crippen LogP contribution >= 0.6 is 0 Å². The second-order valence-electron chi connectivity index (χ2n) is 5.49. The van der Waals surface area contributed by atoms with Crippen molar-refractivity contribution in [2.45, 2.75) is 6.54 Å². The van der Waals surface area contributed by atoms with Crippen molar-refractivity contribution in [2.75, 3.05) is 5.32 Å². The number of nitrogens with zero attached hydrogens (tertiary/aromatic N) is 3. The van der Waals surface area contributed by atoms with Crippen LogP contribution < -0.4 is 5.32 Å². The van der Waals surface area contributed by atoms with Gasteiger partial charge in [0.1, 0.15) is 0 Å². The Kier molecular flexibility index (Phi) is 3.55. The Morgan fingerprint density at radius 3 is 3.00 bits per heavy atom. The van der Waals surface area contributed by atoms with E-state index in [1.165, 1.54) is 0 Å². The Labute approximate surface area is 138 Å². The highest BCUT2D eigenvalue weighted by Crippen LogP contribution is 2.16. The molecule has 6 heteroatoms. The molecule has 0 atom stereocenters. The summed E-state index contributed by atoms with van der Waals surface area (Å²) in [6.07, 6.45) is 5.27. The number of rotatable bonds is 4. The zero-order valence-corrected chi connectivity index (χ0v) is 12.8. The van der Waals surface area contributed by atoms with Gasteiger partial charge >= 0.3 is 0 Å². The summed E-state index contributed by atoms with van der Waals surface area (Å²) in [5, 5.41) is 7.13. The van der Waals surface area contributed by atoms with E-state index in [1.807, 2.05) is 47.3 Å². The number of H-pyrrole nitrogens is 1. The first-order valence-electron chi connectivity index (χ1n) is 7.59. The third-order valence-electron chi connectivity index (χ3n) is 3.77. The molecule has 0 fully saturated rings. The minimum atomic E-state index is -0.150. The van der Waals surface area contributed by atoms with E-state index in [2.05, 4.69) is 20.4 Å². The predicted molar refractivity (Wildman–Crippen MR) is 91.8 cm³/mol. The maximum Gasteiger partial charge on any atom is 0.255 e.